The number of hydrogen-bond donors (Lipinski definition) is 2. The molecular formula is C13H17NO3S. The molecule has 0 atom stereocenters. The highest BCUT2D eigenvalue weighted by atomic mass is 32.2. The van der Waals surface area contributed by atoms with Crippen LogP contribution in [0.25, 0.3) is 0 Å². The Kier molecular flexibility index (Phi) is 4.27. The number of rotatable bonds is 5. The van der Waals surface area contributed by atoms with Gasteiger partial charge in [0, 0.05) is 10.6 Å². The van der Waals surface area contributed by atoms with Crippen molar-refractivity contribution >= 4 is 23.4 Å². The van der Waals surface area contributed by atoms with E-state index in [4.69, 9.17) is 4.74 Å². The maximum Gasteiger partial charge on any atom is 0.237 e. The van der Waals surface area contributed by atoms with Gasteiger partial charge in [0.2, 0.25) is 5.91 Å². The zero-order valence-corrected chi connectivity index (χ0v) is 11.1. The van der Waals surface area contributed by atoms with Crippen LogP contribution in [0.4, 0.5) is 5.69 Å². The van der Waals surface area contributed by atoms with Gasteiger partial charge in [-0.05, 0) is 30.0 Å². The normalized spacial score (nSPS) is 17.0. The van der Waals surface area contributed by atoms with Gasteiger partial charge in [-0.3, -0.25) is 4.79 Å². The zero-order chi connectivity index (χ0) is 13.0. The average molecular weight is 267 g/mol. The van der Waals surface area contributed by atoms with Crippen molar-refractivity contribution in [1.29, 1.82) is 0 Å². The number of thioether (sulfide) groups is 1. The molecule has 2 N–H and O–H groups in total. The molecule has 0 radical (unpaired) electrons. The van der Waals surface area contributed by atoms with E-state index in [1.54, 1.807) is 11.8 Å². The van der Waals surface area contributed by atoms with Crippen molar-refractivity contribution in [2.45, 2.75) is 11.8 Å². The first-order chi connectivity index (χ1) is 8.70. The predicted octanol–water partition coefficient (Wildman–Crippen LogP) is 1.75. The molecule has 98 valence electrons. The number of aliphatic hydroxyl groups excluding tert-OH is 1. The summed E-state index contributed by atoms with van der Waals surface area (Å²) in [6.07, 6.45) is 0. The van der Waals surface area contributed by atoms with Crippen LogP contribution < -0.4 is 5.32 Å². The molecule has 5 heteroatoms. The van der Waals surface area contributed by atoms with Gasteiger partial charge in [0.25, 0.3) is 0 Å². The summed E-state index contributed by atoms with van der Waals surface area (Å²) in [5.74, 6) is 0.851. The topological polar surface area (TPSA) is 58.6 Å². The third kappa shape index (κ3) is 2.68. The van der Waals surface area contributed by atoms with Gasteiger partial charge < -0.3 is 15.2 Å². The maximum absolute atomic E-state index is 12.0. The van der Waals surface area contributed by atoms with E-state index in [9.17, 15) is 9.90 Å². The van der Waals surface area contributed by atoms with Gasteiger partial charge >= 0.3 is 0 Å². The molecule has 1 aromatic rings. The maximum atomic E-state index is 12.0. The largest absolute Gasteiger partial charge is 0.395 e. The lowest BCUT2D eigenvalue weighted by Gasteiger charge is -2.37. The van der Waals surface area contributed by atoms with Gasteiger partial charge in [-0.25, -0.2) is 0 Å². The van der Waals surface area contributed by atoms with Crippen molar-refractivity contribution < 1.29 is 14.6 Å². The number of benzene rings is 1. The van der Waals surface area contributed by atoms with Crippen LogP contribution in [-0.2, 0) is 9.53 Å². The third-order valence-electron chi connectivity index (χ3n) is 2.96. The Hall–Kier alpha value is -1.04. The van der Waals surface area contributed by atoms with Gasteiger partial charge in [0.15, 0.2) is 0 Å². The van der Waals surface area contributed by atoms with Crippen molar-refractivity contribution in [3.05, 3.63) is 24.3 Å². The number of amides is 1. The van der Waals surface area contributed by atoms with Gasteiger partial charge in [-0.15, -0.1) is 11.8 Å². The van der Waals surface area contributed by atoms with Crippen LogP contribution in [0, 0.1) is 5.41 Å². The number of hydrogen-bond acceptors (Lipinski definition) is 4. The minimum Gasteiger partial charge on any atom is -0.395 e. The van der Waals surface area contributed by atoms with Crippen LogP contribution in [0.15, 0.2) is 29.2 Å². The molecule has 0 aliphatic carbocycles. The lowest BCUT2D eigenvalue weighted by Crippen LogP contribution is -2.54. The molecule has 0 unspecified atom stereocenters. The number of ether oxygens (including phenoxy) is 1. The van der Waals surface area contributed by atoms with E-state index in [-0.39, 0.29) is 12.5 Å². The van der Waals surface area contributed by atoms with Crippen LogP contribution >= 0.6 is 11.8 Å². The molecular weight excluding hydrogens is 250 g/mol. The minimum absolute atomic E-state index is 0.174. The smallest absolute Gasteiger partial charge is 0.237 e. The molecule has 1 aromatic carbocycles. The van der Waals surface area contributed by atoms with Crippen LogP contribution in [0.3, 0.4) is 0 Å². The summed E-state index contributed by atoms with van der Waals surface area (Å²) in [5.41, 5.74) is -0.00297. The van der Waals surface area contributed by atoms with Crippen molar-refractivity contribution in [1.82, 2.24) is 0 Å². The minimum atomic E-state index is -0.753. The molecule has 0 saturated carbocycles. The van der Waals surface area contributed by atoms with Crippen LogP contribution in [0.5, 0.6) is 0 Å². The summed E-state index contributed by atoms with van der Waals surface area (Å²) in [6, 6.07) is 7.71. The average Bonchev–Trinajstić information content (AvgIpc) is 2.31. The van der Waals surface area contributed by atoms with Gasteiger partial charge in [0.05, 0.1) is 19.8 Å². The Bertz CT molecular complexity index is 409. The summed E-state index contributed by atoms with van der Waals surface area (Å²) in [7, 11) is 0. The number of nitrogens with one attached hydrogen (secondary N) is 1. The Labute approximate surface area is 111 Å². The number of aliphatic hydroxyl groups is 1. The highest BCUT2D eigenvalue weighted by Gasteiger charge is 2.45. The standard InChI is InChI=1S/C13H17NO3S/c1-2-18-11-5-3-10(4-6-11)14-12(16)13(7-15)8-17-9-13/h3-6,15H,2,7-9H2,1H3,(H,14,16). The second-order valence-corrected chi connectivity index (χ2v) is 5.68. The second-order valence-electron chi connectivity index (χ2n) is 4.34. The molecule has 0 spiro atoms. The lowest BCUT2D eigenvalue weighted by molar-refractivity contribution is -0.164. The van der Waals surface area contributed by atoms with E-state index < -0.39 is 5.41 Å². The molecule has 0 bridgehead atoms. The number of anilines is 1. The second kappa shape index (κ2) is 5.73. The summed E-state index contributed by atoms with van der Waals surface area (Å²) < 4.78 is 5.01. The van der Waals surface area contributed by atoms with Crippen molar-refractivity contribution in [2.24, 2.45) is 5.41 Å². The SMILES string of the molecule is CCSc1ccc(NC(=O)C2(CO)COC2)cc1. The van der Waals surface area contributed by atoms with Crippen LogP contribution in [-0.4, -0.2) is 36.6 Å². The van der Waals surface area contributed by atoms with E-state index >= 15 is 0 Å². The number of carbonyl (C=O) groups excluding carboxylic acids is 1. The third-order valence-corrected chi connectivity index (χ3v) is 3.86. The van der Waals surface area contributed by atoms with Crippen molar-refractivity contribution in [2.75, 3.05) is 30.9 Å². The fraction of sp³-hybridized carbons (Fsp3) is 0.462. The van der Waals surface area contributed by atoms with Crippen LogP contribution in [0.1, 0.15) is 6.92 Å². The summed E-state index contributed by atoms with van der Waals surface area (Å²) in [5, 5.41) is 12.1. The monoisotopic (exact) mass is 267 g/mol. The van der Waals surface area contributed by atoms with Gasteiger partial charge in [-0.2, -0.15) is 0 Å². The first-order valence-electron chi connectivity index (χ1n) is 5.93. The van der Waals surface area contributed by atoms with E-state index in [1.165, 1.54) is 4.90 Å². The first-order valence-corrected chi connectivity index (χ1v) is 6.92. The summed E-state index contributed by atoms with van der Waals surface area (Å²) in [4.78, 5) is 13.2. The molecule has 1 aliphatic heterocycles. The number of carbonyl (C=O) groups is 1. The molecule has 2 rings (SSSR count). The zero-order valence-electron chi connectivity index (χ0n) is 10.3. The van der Waals surface area contributed by atoms with E-state index in [1.807, 2.05) is 24.3 Å². The highest BCUT2D eigenvalue weighted by molar-refractivity contribution is 7.99. The summed E-state index contributed by atoms with van der Waals surface area (Å²) >= 11 is 1.76. The Morgan fingerprint density at radius 3 is 2.56 bits per heavy atom. The van der Waals surface area contributed by atoms with Gasteiger partial charge in [0.1, 0.15) is 5.41 Å². The molecule has 1 fully saturated rings. The quantitative estimate of drug-likeness (QED) is 0.798. The van der Waals surface area contributed by atoms with Crippen molar-refractivity contribution in [3.8, 4) is 0 Å². The fourth-order valence-corrected chi connectivity index (χ4v) is 2.37. The molecule has 1 heterocycles. The molecule has 1 aliphatic rings. The van der Waals surface area contributed by atoms with Gasteiger partial charge in [-0.1, -0.05) is 6.92 Å². The van der Waals surface area contributed by atoms with E-state index in [0.29, 0.717) is 13.2 Å². The Balaban J connectivity index is 1.98. The fourth-order valence-electron chi connectivity index (χ4n) is 1.71. The molecule has 0 aromatic heterocycles. The molecule has 1 saturated heterocycles. The van der Waals surface area contributed by atoms with Crippen LogP contribution in [0.2, 0.25) is 0 Å². The van der Waals surface area contributed by atoms with E-state index in [0.717, 1.165) is 11.4 Å². The van der Waals surface area contributed by atoms with E-state index in [2.05, 4.69) is 12.2 Å². The predicted molar refractivity (Wildman–Crippen MR) is 71.8 cm³/mol. The highest BCUT2D eigenvalue weighted by Crippen LogP contribution is 2.29. The molecule has 4 nitrogen and oxygen atoms in total. The first kappa shape index (κ1) is 13.4. The lowest BCUT2D eigenvalue weighted by atomic mass is 9.86. The van der Waals surface area contributed by atoms with Crippen molar-refractivity contribution in [3.63, 3.8) is 0 Å². The Morgan fingerprint density at radius 2 is 2.11 bits per heavy atom. The summed E-state index contributed by atoms with van der Waals surface area (Å²) in [6.45, 7) is 2.50. The molecule has 1 amide bonds. The molecule has 18 heavy (non-hydrogen) atoms. The Morgan fingerprint density at radius 1 is 1.44 bits per heavy atom.